The van der Waals surface area contributed by atoms with Gasteiger partial charge < -0.3 is 44.4 Å². The van der Waals surface area contributed by atoms with Gasteiger partial charge in [0.25, 0.3) is 0 Å². The predicted molar refractivity (Wildman–Crippen MR) is 422 cm³/mol. The Morgan fingerprint density at radius 1 is 0.448 bits per heavy atom. The molecule has 105 heavy (non-hydrogen) atoms. The number of hydrogen-bond acceptors (Lipinski definition) is 8. The first-order valence-corrected chi connectivity index (χ1v) is 41.1. The lowest BCUT2D eigenvalue weighted by atomic mass is 9.89. The highest BCUT2D eigenvalue weighted by Gasteiger charge is 2.36. The lowest BCUT2D eigenvalue weighted by Gasteiger charge is -2.32. The maximum Gasteiger partial charge on any atom is 0.243 e. The van der Waals surface area contributed by atoms with Gasteiger partial charge in [-0.25, -0.2) is 21.1 Å². The van der Waals surface area contributed by atoms with Crippen LogP contribution in [0.1, 0.15) is 162 Å². The van der Waals surface area contributed by atoms with E-state index in [2.05, 4.69) is 159 Å². The van der Waals surface area contributed by atoms with Gasteiger partial charge >= 0.3 is 0 Å². The summed E-state index contributed by atoms with van der Waals surface area (Å²) in [7, 11) is -4.74. The number of H-pyrrole nitrogens is 5. The van der Waals surface area contributed by atoms with Gasteiger partial charge in [-0.2, -0.15) is 4.31 Å². The van der Waals surface area contributed by atoms with Crippen LogP contribution in [0.5, 0.6) is 5.75 Å². The Kier molecular flexibility index (Phi) is 23.9. The van der Waals surface area contributed by atoms with Gasteiger partial charge in [-0.15, -0.1) is 0 Å². The molecule has 0 spiro atoms. The number of fused-ring (bicyclic) bond motifs is 5. The van der Waals surface area contributed by atoms with Gasteiger partial charge in [0.2, 0.25) is 37.8 Å². The third kappa shape index (κ3) is 17.4. The highest BCUT2D eigenvalue weighted by atomic mass is 32.2. The van der Waals surface area contributed by atoms with Gasteiger partial charge in [-0.1, -0.05) is 111 Å². The van der Waals surface area contributed by atoms with E-state index in [9.17, 15) is 31.2 Å². The second kappa shape index (κ2) is 33.9. The van der Waals surface area contributed by atoms with Crippen LogP contribution >= 0.6 is 0 Å². The van der Waals surface area contributed by atoms with Crippen molar-refractivity contribution in [3.63, 3.8) is 0 Å². The fourth-order valence-electron chi connectivity index (χ4n) is 16.2. The van der Waals surface area contributed by atoms with E-state index >= 15 is 0 Å². The van der Waals surface area contributed by atoms with Crippen LogP contribution in [0.2, 0.25) is 0 Å². The van der Waals surface area contributed by atoms with Gasteiger partial charge in [0.05, 0.1) is 17.8 Å². The number of rotatable bonds is 14. The van der Waals surface area contributed by atoms with Crippen molar-refractivity contribution in [1.82, 2.24) is 48.2 Å². The molecule has 5 aliphatic heterocycles. The molecule has 0 bridgehead atoms. The number of para-hydroxylation sites is 4. The van der Waals surface area contributed by atoms with Crippen molar-refractivity contribution in [3.8, 4) is 5.75 Å². The molecule has 11 aromatic rings. The number of ether oxygens (including phenoxy) is 1. The van der Waals surface area contributed by atoms with E-state index in [0.717, 1.165) is 132 Å². The molecule has 4 saturated heterocycles. The first kappa shape index (κ1) is 74.1. The summed E-state index contributed by atoms with van der Waals surface area (Å²) in [5, 5.41) is 6.38. The number of likely N-dealkylation sites (tertiary alicyclic amines) is 2. The van der Waals surface area contributed by atoms with E-state index < -0.39 is 20.0 Å². The van der Waals surface area contributed by atoms with Crippen molar-refractivity contribution in [2.75, 3.05) is 78.3 Å². The van der Waals surface area contributed by atoms with E-state index in [1.165, 1.54) is 71.4 Å². The average molecular weight is 1460 g/mol. The maximum absolute atomic E-state index is 12.7. The summed E-state index contributed by atoms with van der Waals surface area (Å²) in [5.41, 5.74) is 13.8. The summed E-state index contributed by atoms with van der Waals surface area (Å²) >= 11 is 0. The molecule has 0 unspecified atom stereocenters. The minimum absolute atomic E-state index is 0.140. The summed E-state index contributed by atoms with van der Waals surface area (Å²) in [6, 6.07) is 48.3. The Balaban J connectivity index is 0.000000117. The van der Waals surface area contributed by atoms with Crippen LogP contribution in [0, 0.1) is 5.92 Å². The van der Waals surface area contributed by atoms with Crippen molar-refractivity contribution in [1.29, 1.82) is 0 Å². The molecule has 0 radical (unpaired) electrons. The largest absolute Gasteiger partial charge is 0.497 e. The number of nitrogens with zero attached hydrogens (tertiary/aromatic N) is 5. The predicted octanol–water partition coefficient (Wildman–Crippen LogP) is 16.6. The Morgan fingerprint density at radius 3 is 1.29 bits per heavy atom. The molecule has 1 saturated carbocycles. The van der Waals surface area contributed by atoms with Crippen molar-refractivity contribution >= 4 is 97.9 Å². The van der Waals surface area contributed by atoms with E-state index in [4.69, 9.17) is 4.74 Å². The maximum atomic E-state index is 12.7. The first-order valence-electron chi connectivity index (χ1n) is 38.0. The number of benzene rings is 6. The molecule has 1 aliphatic carbocycles. The third-order valence-corrected chi connectivity index (χ3v) is 26.3. The van der Waals surface area contributed by atoms with Crippen molar-refractivity contribution in [2.24, 2.45) is 5.92 Å². The number of carbonyl (C=O) groups is 3. The number of piperidine rings is 4. The quantitative estimate of drug-likeness (QED) is 0.0702. The summed E-state index contributed by atoms with van der Waals surface area (Å²) in [5.74, 6) is 4.39. The Hall–Kier alpha value is -9.21. The summed E-state index contributed by atoms with van der Waals surface area (Å²) in [4.78, 5) is 58.4. The molecule has 17 rings (SSSR count). The monoisotopic (exact) mass is 1450 g/mol. The lowest BCUT2D eigenvalue weighted by molar-refractivity contribution is -0.134. The smallest absolute Gasteiger partial charge is 0.243 e. The Labute approximate surface area is 618 Å². The normalized spacial score (nSPS) is 17.6. The zero-order chi connectivity index (χ0) is 73.0. The zero-order valence-corrected chi connectivity index (χ0v) is 62.8. The summed E-state index contributed by atoms with van der Waals surface area (Å²) in [6.45, 7) is 13.2. The second-order valence-corrected chi connectivity index (χ2v) is 33.0. The van der Waals surface area contributed by atoms with Crippen LogP contribution in [0.15, 0.2) is 188 Å². The van der Waals surface area contributed by atoms with Gasteiger partial charge in [-0.3, -0.25) is 14.4 Å². The topological polar surface area (TPSA) is 224 Å². The molecule has 5 aromatic heterocycles. The van der Waals surface area contributed by atoms with Crippen LogP contribution < -0.4 is 4.74 Å². The standard InChI is InChI=1S/C19H20N2O2S.C17H20N2O.C17H22N2O.C16H22N2O2S.C16H18N2O2/c22-24(23,16-6-2-1-3-7-16)21-12-10-15(11-13-21)18-14-20-19-9-5-4-8-17(18)19;20-17(13-5-6-13)19-9-7-12(8-10-19)15-11-18-16-4-2-1-3-14(15)16;1-2-5-17(20)19-10-8-13(9-11-19)15-12-18-16-7-4-3-6-14(15)16;1-2-11-21(19,20)18-9-7-13(8-10-18)15-12-17-16-6-4-3-5-14(15)16;1-11(19)18-7-5-12(6-8-18)15-10-17-16-4-3-13(20-2)9-14(15)16/h1-9,14-15,20H,10-13H2;1-4,11-13,18H,5-10H2;3-4,6-7,12-13,18H,2,5,8-11H2,1H3;3-6,12-13,17H,2,7-11H2,1H3;3-5,9-10,17H,6-8H2,1-2H3. The number of carbonyl (C=O) groups excluding carboxylic acids is 3. The minimum atomic E-state index is -3.37. The number of methoxy groups -OCH3 is 1. The van der Waals surface area contributed by atoms with Gasteiger partial charge in [0.1, 0.15) is 5.75 Å². The molecule has 18 nitrogen and oxygen atoms in total. The van der Waals surface area contributed by atoms with Crippen LogP contribution in [0.3, 0.4) is 0 Å². The number of aromatic amines is 5. The highest BCUT2D eigenvalue weighted by Crippen LogP contribution is 2.40. The van der Waals surface area contributed by atoms with E-state index in [-0.39, 0.29) is 11.7 Å². The van der Waals surface area contributed by atoms with E-state index in [1.807, 2.05) is 53.3 Å². The van der Waals surface area contributed by atoms with Crippen molar-refractivity contribution in [3.05, 3.63) is 210 Å². The van der Waals surface area contributed by atoms with Gasteiger partial charge in [-0.05, 0) is 190 Å². The number of sulfonamides is 2. The molecular weight excluding hydrogens is 1350 g/mol. The number of aromatic nitrogens is 5. The Morgan fingerprint density at radius 2 is 0.867 bits per heavy atom. The third-order valence-electron chi connectivity index (χ3n) is 22.3. The number of hydrogen-bond donors (Lipinski definition) is 5. The van der Waals surface area contributed by atoms with Gasteiger partial charge in [0, 0.05) is 176 Å². The highest BCUT2D eigenvalue weighted by molar-refractivity contribution is 7.89. The molecule has 5 fully saturated rings. The molecule has 6 aromatic carbocycles. The van der Waals surface area contributed by atoms with Crippen molar-refractivity contribution < 1.29 is 36.0 Å². The average Bonchev–Trinajstić information content (AvgIpc) is 1.78. The molecule has 6 aliphatic rings. The molecular formula is C85H102N10O8S2. The summed E-state index contributed by atoms with van der Waals surface area (Å²) < 4.78 is 58.2. The Bertz CT molecular complexity index is 5020. The number of nitrogens with one attached hydrogen (secondary N) is 5. The minimum Gasteiger partial charge on any atom is -0.497 e. The zero-order valence-electron chi connectivity index (χ0n) is 61.2. The molecule has 10 heterocycles. The van der Waals surface area contributed by atoms with Crippen LogP contribution in [0.25, 0.3) is 60.1 Å². The molecule has 3 amide bonds. The number of amides is 3. The van der Waals surface area contributed by atoms with Crippen LogP contribution in [-0.2, 0) is 34.4 Å². The molecule has 552 valence electrons. The lowest BCUT2D eigenvalue weighted by Crippen LogP contribution is -2.39. The van der Waals surface area contributed by atoms with Gasteiger partial charge in [0.15, 0.2) is 0 Å². The molecule has 20 heteroatoms. The fraction of sp³-hybridized carbons (Fsp3) is 0.400. The van der Waals surface area contributed by atoms with E-state index in [0.29, 0.717) is 91.9 Å². The first-order chi connectivity index (χ1) is 51.1. The second-order valence-electron chi connectivity index (χ2n) is 29.0. The van der Waals surface area contributed by atoms with E-state index in [1.54, 1.807) is 46.9 Å². The SMILES string of the molecule is CCCC(=O)N1CCC(c2c[nH]c3ccccc23)CC1.CCCS(=O)(=O)N1CCC(c2c[nH]c3ccccc23)CC1.COc1ccc2[nH]cc(C3=CCN(C(C)=O)CC3)c2c1.O=C(C1CC1)N1CCC(c2c[nH]c3ccccc23)CC1.O=S(=O)(c1ccccc1)N1CCC(c2c[nH]c3ccccc23)CC1. The molecule has 0 atom stereocenters. The van der Waals surface area contributed by atoms with Crippen LogP contribution in [0.4, 0.5) is 0 Å². The fourth-order valence-corrected chi connectivity index (χ4v) is 19.2. The molecule has 5 N–H and O–H groups in total. The van der Waals surface area contributed by atoms with Crippen LogP contribution in [-0.4, -0.2) is 161 Å². The van der Waals surface area contributed by atoms with Crippen molar-refractivity contribution in [2.45, 2.75) is 139 Å². The summed E-state index contributed by atoms with van der Waals surface area (Å²) in [6.07, 6.45) is 26.0.